The molecule has 3 aromatic rings. The van der Waals surface area contributed by atoms with Gasteiger partial charge in [-0.25, -0.2) is 8.42 Å². The van der Waals surface area contributed by atoms with Gasteiger partial charge in [-0.1, -0.05) is 5.16 Å². The molecule has 2 fully saturated rings. The molecule has 2 aliphatic heterocycles. The van der Waals surface area contributed by atoms with Crippen molar-refractivity contribution >= 4 is 38.4 Å². The second kappa shape index (κ2) is 9.40. The molecule has 1 amide bonds. The van der Waals surface area contributed by atoms with E-state index in [4.69, 9.17) is 9.26 Å². The number of sulfonamides is 1. The van der Waals surface area contributed by atoms with Crippen LogP contribution in [0.2, 0.25) is 0 Å². The van der Waals surface area contributed by atoms with Gasteiger partial charge >= 0.3 is 0 Å². The minimum atomic E-state index is -3.77. The first-order chi connectivity index (χ1) is 16.8. The number of rotatable bonds is 5. The molecule has 2 saturated heterocycles. The molecule has 0 spiro atoms. The summed E-state index contributed by atoms with van der Waals surface area (Å²) in [5, 5.41) is 4.30. The molecule has 2 aromatic carbocycles. The van der Waals surface area contributed by atoms with Crippen LogP contribution in [0.25, 0.3) is 11.0 Å². The van der Waals surface area contributed by atoms with Crippen molar-refractivity contribution in [1.29, 1.82) is 0 Å². The lowest BCUT2D eigenvalue weighted by atomic mass is 10.1. The Morgan fingerprint density at radius 2 is 1.60 bits per heavy atom. The number of ketones is 1. The highest BCUT2D eigenvalue weighted by atomic mass is 32.2. The minimum absolute atomic E-state index is 0.00653. The van der Waals surface area contributed by atoms with Crippen LogP contribution >= 0.6 is 0 Å². The van der Waals surface area contributed by atoms with E-state index >= 15 is 0 Å². The molecule has 3 heterocycles. The van der Waals surface area contributed by atoms with Gasteiger partial charge in [-0.15, -0.1) is 0 Å². The molecule has 0 atom stereocenters. The fourth-order valence-electron chi connectivity index (χ4n) is 4.39. The summed E-state index contributed by atoms with van der Waals surface area (Å²) in [7, 11) is -3.77. The lowest BCUT2D eigenvalue weighted by molar-refractivity contribution is 0.0297. The molecule has 5 rings (SSSR count). The smallest absolute Gasteiger partial charge is 0.276 e. The quantitative estimate of drug-likeness (QED) is 0.491. The van der Waals surface area contributed by atoms with E-state index < -0.39 is 10.0 Å². The van der Waals surface area contributed by atoms with E-state index in [0.717, 1.165) is 5.69 Å². The zero-order chi connectivity index (χ0) is 24.6. The first kappa shape index (κ1) is 23.5. The van der Waals surface area contributed by atoms with Gasteiger partial charge in [-0.2, -0.15) is 4.31 Å². The van der Waals surface area contributed by atoms with Gasteiger partial charge in [0.2, 0.25) is 10.0 Å². The maximum atomic E-state index is 13.4. The summed E-state index contributed by atoms with van der Waals surface area (Å²) in [5.41, 5.74) is 2.06. The molecule has 0 radical (unpaired) electrons. The molecular weight excluding hydrogens is 472 g/mol. The van der Waals surface area contributed by atoms with E-state index in [2.05, 4.69) is 10.1 Å². The Labute approximate surface area is 203 Å². The fourth-order valence-corrected chi connectivity index (χ4v) is 5.84. The van der Waals surface area contributed by atoms with Gasteiger partial charge in [0.1, 0.15) is 0 Å². The number of Topliss-reactive ketones (excluding diaryl/α,β-unsaturated/α-hetero) is 1. The van der Waals surface area contributed by atoms with Crippen molar-refractivity contribution in [2.24, 2.45) is 0 Å². The number of benzene rings is 2. The van der Waals surface area contributed by atoms with E-state index in [9.17, 15) is 18.0 Å². The molecule has 0 N–H and O–H groups in total. The number of carbonyl (C=O) groups excluding carboxylic acids is 2. The van der Waals surface area contributed by atoms with Gasteiger partial charge < -0.3 is 19.1 Å². The predicted molar refractivity (Wildman–Crippen MR) is 128 cm³/mol. The average Bonchev–Trinajstić information content (AvgIpc) is 3.32. The number of ether oxygens (including phenoxy) is 1. The highest BCUT2D eigenvalue weighted by Crippen LogP contribution is 2.27. The Kier molecular flexibility index (Phi) is 6.30. The van der Waals surface area contributed by atoms with Crippen molar-refractivity contribution < 1.29 is 27.3 Å². The average molecular weight is 499 g/mol. The Hall–Kier alpha value is -3.28. The number of amides is 1. The standard InChI is InChI=1S/C24H26N4O6S/c1-17(29)18-2-4-19(5-3-18)26-8-10-28(11-9-26)35(31,32)20-6-7-22-21(16-20)23(25-34-22)24(30)27-12-14-33-15-13-27/h2-7,16H,8-15H2,1H3. The van der Waals surface area contributed by atoms with Crippen molar-refractivity contribution in [2.75, 3.05) is 57.4 Å². The first-order valence-electron chi connectivity index (χ1n) is 11.5. The third-order valence-electron chi connectivity index (χ3n) is 6.46. The highest BCUT2D eigenvalue weighted by Gasteiger charge is 2.30. The number of aromatic nitrogens is 1. The lowest BCUT2D eigenvalue weighted by Crippen LogP contribution is -2.48. The third kappa shape index (κ3) is 4.54. The van der Waals surface area contributed by atoms with Gasteiger partial charge in [0.25, 0.3) is 5.91 Å². The topological polar surface area (TPSA) is 113 Å². The highest BCUT2D eigenvalue weighted by molar-refractivity contribution is 7.89. The summed E-state index contributed by atoms with van der Waals surface area (Å²) in [4.78, 5) is 28.3. The van der Waals surface area contributed by atoms with Crippen LogP contribution in [-0.4, -0.2) is 87.0 Å². The van der Waals surface area contributed by atoms with E-state index in [-0.39, 0.29) is 22.3 Å². The van der Waals surface area contributed by atoms with Crippen molar-refractivity contribution in [3.05, 3.63) is 53.7 Å². The molecular formula is C24H26N4O6S. The summed E-state index contributed by atoms with van der Waals surface area (Å²) >= 11 is 0. The van der Waals surface area contributed by atoms with E-state index in [1.54, 1.807) is 17.0 Å². The van der Waals surface area contributed by atoms with Crippen molar-refractivity contribution in [1.82, 2.24) is 14.4 Å². The first-order valence-corrected chi connectivity index (χ1v) is 12.9. The van der Waals surface area contributed by atoms with Crippen molar-refractivity contribution in [2.45, 2.75) is 11.8 Å². The number of anilines is 1. The second-order valence-electron chi connectivity index (χ2n) is 8.59. The Morgan fingerprint density at radius 3 is 2.26 bits per heavy atom. The molecule has 0 saturated carbocycles. The third-order valence-corrected chi connectivity index (χ3v) is 8.35. The number of hydrogen-bond donors (Lipinski definition) is 0. The number of hydrogen-bond acceptors (Lipinski definition) is 8. The maximum absolute atomic E-state index is 13.4. The van der Waals surface area contributed by atoms with E-state index in [1.165, 1.54) is 29.4 Å². The predicted octanol–water partition coefficient (Wildman–Crippen LogP) is 2.01. The van der Waals surface area contributed by atoms with Crippen LogP contribution in [-0.2, 0) is 14.8 Å². The molecule has 1 aromatic heterocycles. The molecule has 2 aliphatic rings. The largest absolute Gasteiger partial charge is 0.378 e. The van der Waals surface area contributed by atoms with Crippen LogP contribution in [0.5, 0.6) is 0 Å². The summed E-state index contributed by atoms with van der Waals surface area (Å²) in [5.74, 6) is -0.293. The fraction of sp³-hybridized carbons (Fsp3) is 0.375. The van der Waals surface area contributed by atoms with Crippen molar-refractivity contribution in [3.63, 3.8) is 0 Å². The van der Waals surface area contributed by atoms with Gasteiger partial charge in [-0.05, 0) is 49.4 Å². The Bertz CT molecular complexity index is 1350. The SMILES string of the molecule is CC(=O)c1ccc(N2CCN(S(=O)(=O)c3ccc4onc(C(=O)N5CCOCC5)c4c3)CC2)cc1. The van der Waals surface area contributed by atoms with Crippen LogP contribution in [0, 0.1) is 0 Å². The Balaban J connectivity index is 1.33. The summed E-state index contributed by atoms with van der Waals surface area (Å²) < 4.78 is 38.9. The number of nitrogens with zero attached hydrogens (tertiary/aromatic N) is 4. The zero-order valence-electron chi connectivity index (χ0n) is 19.3. The maximum Gasteiger partial charge on any atom is 0.276 e. The van der Waals surface area contributed by atoms with Crippen LogP contribution in [0.1, 0.15) is 27.8 Å². The molecule has 0 unspecified atom stereocenters. The van der Waals surface area contributed by atoms with Crippen LogP contribution in [0.15, 0.2) is 51.9 Å². The van der Waals surface area contributed by atoms with Crippen LogP contribution in [0.3, 0.4) is 0 Å². The molecule has 35 heavy (non-hydrogen) atoms. The monoisotopic (exact) mass is 498 g/mol. The number of carbonyl (C=O) groups is 2. The van der Waals surface area contributed by atoms with Gasteiger partial charge in [0.15, 0.2) is 17.1 Å². The lowest BCUT2D eigenvalue weighted by Gasteiger charge is -2.35. The molecule has 184 valence electrons. The van der Waals surface area contributed by atoms with Gasteiger partial charge in [0.05, 0.1) is 23.5 Å². The Morgan fingerprint density at radius 1 is 0.914 bits per heavy atom. The van der Waals surface area contributed by atoms with Crippen LogP contribution < -0.4 is 4.90 Å². The molecule has 10 nitrogen and oxygen atoms in total. The summed E-state index contributed by atoms with van der Waals surface area (Å²) in [6.07, 6.45) is 0. The number of fused-ring (bicyclic) bond motifs is 1. The minimum Gasteiger partial charge on any atom is -0.378 e. The number of morpholine rings is 1. The summed E-state index contributed by atoms with van der Waals surface area (Å²) in [6, 6.07) is 11.8. The van der Waals surface area contributed by atoms with E-state index in [1.807, 2.05) is 12.1 Å². The molecule has 0 bridgehead atoms. The van der Waals surface area contributed by atoms with Gasteiger partial charge in [-0.3, -0.25) is 9.59 Å². The molecule has 0 aliphatic carbocycles. The van der Waals surface area contributed by atoms with Gasteiger partial charge in [0, 0.05) is 50.5 Å². The van der Waals surface area contributed by atoms with Crippen LogP contribution in [0.4, 0.5) is 5.69 Å². The normalized spacial score (nSPS) is 17.6. The number of piperazine rings is 1. The second-order valence-corrected chi connectivity index (χ2v) is 10.5. The summed E-state index contributed by atoms with van der Waals surface area (Å²) in [6.45, 7) is 5.01. The van der Waals surface area contributed by atoms with E-state index in [0.29, 0.717) is 69.0 Å². The van der Waals surface area contributed by atoms with Crippen molar-refractivity contribution in [3.8, 4) is 0 Å². The molecule has 11 heteroatoms. The zero-order valence-corrected chi connectivity index (χ0v) is 20.2.